The molecule has 0 aromatic carbocycles. The Balaban J connectivity index is 3.91. The van der Waals surface area contributed by atoms with Crippen molar-refractivity contribution in [2.24, 2.45) is 0 Å². The summed E-state index contributed by atoms with van der Waals surface area (Å²) in [5.74, 6) is -0.384. The quantitative estimate of drug-likeness (QED) is 0.336. The van der Waals surface area contributed by atoms with Crippen LogP contribution in [0.25, 0.3) is 0 Å². The third-order valence-corrected chi connectivity index (χ3v) is 1.96. The fourth-order valence-electron chi connectivity index (χ4n) is 1.08. The molecule has 100 valence electrons. The summed E-state index contributed by atoms with van der Waals surface area (Å²) < 4.78 is 16.0. The molecule has 0 aromatic rings. The van der Waals surface area contributed by atoms with Crippen molar-refractivity contribution in [1.82, 2.24) is 0 Å². The van der Waals surface area contributed by atoms with Crippen molar-refractivity contribution < 1.29 is 19.0 Å². The second kappa shape index (κ2) is 10.3. The van der Waals surface area contributed by atoms with Gasteiger partial charge < -0.3 is 14.2 Å². The molecule has 17 heavy (non-hydrogen) atoms. The summed E-state index contributed by atoms with van der Waals surface area (Å²) in [4.78, 5) is 11.2. The van der Waals surface area contributed by atoms with Crippen LogP contribution in [0.3, 0.4) is 0 Å². The van der Waals surface area contributed by atoms with Gasteiger partial charge in [-0.2, -0.15) is 0 Å². The second-order valence-electron chi connectivity index (χ2n) is 3.95. The van der Waals surface area contributed by atoms with E-state index in [2.05, 4.69) is 6.58 Å². The lowest BCUT2D eigenvalue weighted by Gasteiger charge is -2.17. The van der Waals surface area contributed by atoms with E-state index in [1.54, 1.807) is 6.92 Å². The molecule has 0 aromatic heterocycles. The highest BCUT2D eigenvalue weighted by atomic mass is 16.6. The van der Waals surface area contributed by atoms with Gasteiger partial charge in [-0.25, -0.2) is 4.79 Å². The molecule has 0 bridgehead atoms. The maximum Gasteiger partial charge on any atom is 0.333 e. The molecule has 0 aliphatic rings. The summed E-state index contributed by atoms with van der Waals surface area (Å²) in [6, 6.07) is 0. The molecule has 4 heteroatoms. The lowest BCUT2D eigenvalue weighted by Crippen LogP contribution is -2.28. The molecule has 0 saturated carbocycles. The predicted molar refractivity (Wildman–Crippen MR) is 66.9 cm³/mol. The van der Waals surface area contributed by atoms with Gasteiger partial charge in [0.25, 0.3) is 0 Å². The topological polar surface area (TPSA) is 44.8 Å². The standard InChI is InChI=1S/C13H24O4/c1-5-7-15-9-12(16-8-6-2)10-17-13(14)11(3)4/h12H,3,5-10H2,1-2,4H3. The van der Waals surface area contributed by atoms with Crippen LogP contribution in [0.1, 0.15) is 33.6 Å². The van der Waals surface area contributed by atoms with Crippen LogP contribution in [0, 0.1) is 0 Å². The zero-order valence-electron chi connectivity index (χ0n) is 11.2. The Morgan fingerprint density at radius 1 is 1.18 bits per heavy atom. The fourth-order valence-corrected chi connectivity index (χ4v) is 1.08. The Hall–Kier alpha value is -0.870. The second-order valence-corrected chi connectivity index (χ2v) is 3.95. The Morgan fingerprint density at radius 2 is 1.82 bits per heavy atom. The first kappa shape index (κ1) is 16.1. The maximum atomic E-state index is 11.2. The van der Waals surface area contributed by atoms with E-state index >= 15 is 0 Å². The van der Waals surface area contributed by atoms with Gasteiger partial charge in [0, 0.05) is 18.8 Å². The van der Waals surface area contributed by atoms with Crippen molar-refractivity contribution in [1.29, 1.82) is 0 Å². The van der Waals surface area contributed by atoms with E-state index in [9.17, 15) is 4.79 Å². The molecule has 4 nitrogen and oxygen atoms in total. The molecule has 0 fully saturated rings. The number of ether oxygens (including phenoxy) is 3. The smallest absolute Gasteiger partial charge is 0.333 e. The molecular weight excluding hydrogens is 220 g/mol. The zero-order chi connectivity index (χ0) is 13.1. The van der Waals surface area contributed by atoms with Crippen LogP contribution in [0.4, 0.5) is 0 Å². The number of carbonyl (C=O) groups is 1. The van der Waals surface area contributed by atoms with Crippen molar-refractivity contribution in [2.75, 3.05) is 26.4 Å². The van der Waals surface area contributed by atoms with Gasteiger partial charge in [-0.3, -0.25) is 0 Å². The zero-order valence-corrected chi connectivity index (χ0v) is 11.2. The molecular formula is C13H24O4. The Labute approximate surface area is 104 Å². The van der Waals surface area contributed by atoms with Crippen molar-refractivity contribution in [2.45, 2.75) is 39.7 Å². The first-order chi connectivity index (χ1) is 8.11. The number of esters is 1. The molecule has 0 rings (SSSR count). The summed E-state index contributed by atoms with van der Waals surface area (Å²) in [5.41, 5.74) is 0.397. The summed E-state index contributed by atoms with van der Waals surface area (Å²) in [7, 11) is 0. The highest BCUT2D eigenvalue weighted by molar-refractivity contribution is 5.86. The van der Waals surface area contributed by atoms with Gasteiger partial charge in [0.15, 0.2) is 0 Å². The van der Waals surface area contributed by atoms with Gasteiger partial charge in [-0.15, -0.1) is 0 Å². The molecule has 0 saturated heterocycles. The lowest BCUT2D eigenvalue weighted by molar-refractivity contribution is -0.145. The monoisotopic (exact) mass is 244 g/mol. The fraction of sp³-hybridized carbons (Fsp3) is 0.769. The largest absolute Gasteiger partial charge is 0.459 e. The van der Waals surface area contributed by atoms with Crippen LogP contribution in [0.15, 0.2) is 12.2 Å². The minimum Gasteiger partial charge on any atom is -0.459 e. The van der Waals surface area contributed by atoms with Crippen LogP contribution in [-0.4, -0.2) is 38.5 Å². The van der Waals surface area contributed by atoms with E-state index in [1.807, 2.05) is 13.8 Å². The predicted octanol–water partition coefficient (Wildman–Crippen LogP) is 2.33. The van der Waals surface area contributed by atoms with E-state index in [0.717, 1.165) is 12.8 Å². The first-order valence-electron chi connectivity index (χ1n) is 6.13. The summed E-state index contributed by atoms with van der Waals surface area (Å²) >= 11 is 0. The number of hydrogen-bond donors (Lipinski definition) is 0. The third kappa shape index (κ3) is 8.89. The molecule has 1 unspecified atom stereocenters. The lowest BCUT2D eigenvalue weighted by atomic mass is 10.3. The highest BCUT2D eigenvalue weighted by Gasteiger charge is 2.12. The van der Waals surface area contributed by atoms with Crippen molar-refractivity contribution in [3.63, 3.8) is 0 Å². The van der Waals surface area contributed by atoms with Crippen molar-refractivity contribution >= 4 is 5.97 Å². The average molecular weight is 244 g/mol. The van der Waals surface area contributed by atoms with Crippen LogP contribution in [-0.2, 0) is 19.0 Å². The van der Waals surface area contributed by atoms with Crippen molar-refractivity contribution in [3.8, 4) is 0 Å². The van der Waals surface area contributed by atoms with Crippen LogP contribution < -0.4 is 0 Å². The van der Waals surface area contributed by atoms with E-state index in [0.29, 0.717) is 25.4 Å². The first-order valence-corrected chi connectivity index (χ1v) is 6.13. The van der Waals surface area contributed by atoms with Gasteiger partial charge in [0.2, 0.25) is 0 Å². The van der Waals surface area contributed by atoms with E-state index in [-0.39, 0.29) is 18.7 Å². The molecule has 0 heterocycles. The molecule has 0 amide bonds. The number of rotatable bonds is 10. The Bertz CT molecular complexity index is 225. The highest BCUT2D eigenvalue weighted by Crippen LogP contribution is 2.00. The van der Waals surface area contributed by atoms with E-state index in [1.165, 1.54) is 0 Å². The third-order valence-electron chi connectivity index (χ3n) is 1.96. The average Bonchev–Trinajstić information content (AvgIpc) is 2.31. The summed E-state index contributed by atoms with van der Waals surface area (Å²) in [5, 5.41) is 0. The molecule has 0 radical (unpaired) electrons. The summed E-state index contributed by atoms with van der Waals surface area (Å²) in [6.45, 7) is 11.2. The maximum absolute atomic E-state index is 11.2. The van der Waals surface area contributed by atoms with Crippen LogP contribution >= 0.6 is 0 Å². The van der Waals surface area contributed by atoms with Gasteiger partial charge >= 0.3 is 5.97 Å². The van der Waals surface area contributed by atoms with Crippen molar-refractivity contribution in [3.05, 3.63) is 12.2 Å². The van der Waals surface area contributed by atoms with Crippen LogP contribution in [0.2, 0.25) is 0 Å². The molecule has 0 aliphatic carbocycles. The van der Waals surface area contributed by atoms with Gasteiger partial charge in [-0.1, -0.05) is 20.4 Å². The minimum atomic E-state index is -0.384. The van der Waals surface area contributed by atoms with Crippen LogP contribution in [0.5, 0.6) is 0 Å². The molecule has 0 aliphatic heterocycles. The normalized spacial score (nSPS) is 12.2. The molecule has 1 atom stereocenters. The minimum absolute atomic E-state index is 0.190. The van der Waals surface area contributed by atoms with Gasteiger partial charge in [0.1, 0.15) is 12.7 Å². The molecule has 0 N–H and O–H groups in total. The Kier molecular flexibility index (Phi) is 9.77. The number of hydrogen-bond acceptors (Lipinski definition) is 4. The summed E-state index contributed by atoms with van der Waals surface area (Å²) in [6.07, 6.45) is 1.70. The van der Waals surface area contributed by atoms with E-state index < -0.39 is 0 Å². The van der Waals surface area contributed by atoms with E-state index in [4.69, 9.17) is 14.2 Å². The van der Waals surface area contributed by atoms with Gasteiger partial charge in [-0.05, 0) is 19.8 Å². The molecule has 0 spiro atoms. The number of carbonyl (C=O) groups excluding carboxylic acids is 1. The SMILES string of the molecule is C=C(C)C(=O)OCC(COCCC)OCCC. The Morgan fingerprint density at radius 3 is 2.35 bits per heavy atom. The van der Waals surface area contributed by atoms with Gasteiger partial charge in [0.05, 0.1) is 6.61 Å².